The molecule has 104 valence electrons. The van der Waals surface area contributed by atoms with Crippen LogP contribution in [-0.4, -0.2) is 23.3 Å². The van der Waals surface area contributed by atoms with E-state index in [-0.39, 0.29) is 11.2 Å². The molecule has 0 atom stereocenters. The van der Waals surface area contributed by atoms with Crippen molar-refractivity contribution in [1.29, 1.82) is 0 Å². The van der Waals surface area contributed by atoms with E-state index in [0.29, 0.717) is 17.2 Å². The fourth-order valence-electron chi connectivity index (χ4n) is 2.15. The van der Waals surface area contributed by atoms with Crippen molar-refractivity contribution in [2.45, 2.75) is 58.7 Å². The Hall–Kier alpha value is -1.07. The molecule has 19 heavy (non-hydrogen) atoms. The molecule has 0 bridgehead atoms. The summed E-state index contributed by atoms with van der Waals surface area (Å²) in [6, 6.07) is 1.95. The van der Waals surface area contributed by atoms with Gasteiger partial charge < -0.3 is 15.0 Å². The largest absolute Gasteiger partial charge is 0.516 e. The maximum Gasteiger partial charge on any atom is 0.516 e. The summed E-state index contributed by atoms with van der Waals surface area (Å²) in [6.07, 6.45) is 1.77. The molecule has 0 aliphatic carbocycles. The number of nitrogens with zero attached hydrogens (tertiary/aromatic N) is 1. The molecule has 0 saturated carbocycles. The fraction of sp³-hybridized carbons (Fsp3) is 0.643. The van der Waals surface area contributed by atoms with Gasteiger partial charge >= 0.3 is 7.12 Å². The molecular weight excluding hydrogens is 239 g/mol. The van der Waals surface area contributed by atoms with Crippen molar-refractivity contribution in [3.63, 3.8) is 0 Å². The topological polar surface area (TPSA) is 57.4 Å². The van der Waals surface area contributed by atoms with Crippen LogP contribution in [0.15, 0.2) is 12.3 Å². The minimum atomic E-state index is -0.497. The summed E-state index contributed by atoms with van der Waals surface area (Å²) in [4.78, 5) is 4.36. The van der Waals surface area contributed by atoms with E-state index in [1.54, 1.807) is 6.20 Å². The highest BCUT2D eigenvalue weighted by Gasteiger charge is 2.53. The molecule has 1 fully saturated rings. The monoisotopic (exact) mass is 262 g/mol. The number of rotatable bonds is 2. The lowest BCUT2D eigenvalue weighted by Gasteiger charge is -2.32. The summed E-state index contributed by atoms with van der Waals surface area (Å²) < 4.78 is 12.0. The van der Waals surface area contributed by atoms with E-state index >= 15 is 0 Å². The first-order valence-corrected chi connectivity index (χ1v) is 6.75. The van der Waals surface area contributed by atoms with Crippen LogP contribution in [0.5, 0.6) is 0 Å². The summed E-state index contributed by atoms with van der Waals surface area (Å²) in [5.74, 6) is 0.351. The van der Waals surface area contributed by atoms with Crippen molar-refractivity contribution in [2.24, 2.45) is 0 Å². The molecule has 0 unspecified atom stereocenters. The first-order chi connectivity index (χ1) is 8.66. The van der Waals surface area contributed by atoms with Crippen molar-refractivity contribution in [2.75, 3.05) is 5.73 Å². The van der Waals surface area contributed by atoms with Crippen LogP contribution in [0, 0.1) is 0 Å². The Morgan fingerprint density at radius 2 is 1.68 bits per heavy atom. The van der Waals surface area contributed by atoms with E-state index in [9.17, 15) is 0 Å². The summed E-state index contributed by atoms with van der Waals surface area (Å²) >= 11 is 0. The maximum atomic E-state index is 6.22. The van der Waals surface area contributed by atoms with Crippen LogP contribution < -0.4 is 11.3 Å². The molecular formula is C14H23BN2O2. The van der Waals surface area contributed by atoms with Gasteiger partial charge in [-0.25, -0.2) is 0 Å². The van der Waals surface area contributed by atoms with Crippen LogP contribution in [0.4, 0.5) is 5.69 Å². The van der Waals surface area contributed by atoms with Gasteiger partial charge in [-0.15, -0.1) is 0 Å². The minimum absolute atomic E-state index is 0.351. The molecule has 1 saturated heterocycles. The Kier molecular flexibility index (Phi) is 3.39. The zero-order valence-corrected chi connectivity index (χ0v) is 12.7. The summed E-state index contributed by atoms with van der Waals surface area (Å²) in [6.45, 7) is 12.3. The SMILES string of the molecule is CC(C)c1ccnc(B2OC(C)(C)C(C)(C)O2)c1N. The third-order valence-corrected chi connectivity index (χ3v) is 4.15. The number of pyridine rings is 1. The van der Waals surface area contributed by atoms with E-state index in [1.807, 2.05) is 33.8 Å². The molecule has 2 N–H and O–H groups in total. The molecule has 1 aromatic rings. The van der Waals surface area contributed by atoms with Crippen LogP contribution in [0.3, 0.4) is 0 Å². The second kappa shape index (κ2) is 4.49. The third kappa shape index (κ3) is 2.37. The number of aromatic nitrogens is 1. The standard InChI is InChI=1S/C14H23BN2O2/c1-9(2)10-7-8-17-12(11(10)16)15-18-13(3,4)14(5,6)19-15/h7-9H,16H2,1-6H3. The molecule has 4 nitrogen and oxygen atoms in total. The van der Waals surface area contributed by atoms with Crippen LogP contribution in [-0.2, 0) is 9.31 Å². The van der Waals surface area contributed by atoms with Crippen molar-refractivity contribution in [3.8, 4) is 0 Å². The maximum absolute atomic E-state index is 6.22. The summed E-state index contributed by atoms with van der Waals surface area (Å²) in [5.41, 5.74) is 7.91. The van der Waals surface area contributed by atoms with Gasteiger partial charge in [0, 0.05) is 6.20 Å². The highest BCUT2D eigenvalue weighted by molar-refractivity contribution is 6.62. The average Bonchev–Trinajstić information content (AvgIpc) is 2.47. The van der Waals surface area contributed by atoms with Crippen molar-refractivity contribution < 1.29 is 9.31 Å². The molecule has 1 aliphatic heterocycles. The molecule has 1 aliphatic rings. The normalized spacial score (nSPS) is 21.1. The Balaban J connectivity index is 2.38. The lowest BCUT2D eigenvalue weighted by molar-refractivity contribution is 0.00578. The number of anilines is 1. The number of hydrogen-bond acceptors (Lipinski definition) is 4. The van der Waals surface area contributed by atoms with Crippen LogP contribution in [0.1, 0.15) is 53.0 Å². The van der Waals surface area contributed by atoms with Gasteiger partial charge in [-0.05, 0) is 45.2 Å². The smallest absolute Gasteiger partial charge is 0.398 e. The van der Waals surface area contributed by atoms with Gasteiger partial charge in [0.1, 0.15) is 0 Å². The highest BCUT2D eigenvalue weighted by Crippen LogP contribution is 2.37. The Labute approximate surface area is 115 Å². The second-order valence-corrected chi connectivity index (χ2v) is 6.44. The molecule has 2 heterocycles. The molecule has 0 radical (unpaired) electrons. The zero-order valence-electron chi connectivity index (χ0n) is 12.7. The van der Waals surface area contributed by atoms with E-state index < -0.39 is 7.12 Å². The Bertz CT molecular complexity index is 470. The Morgan fingerprint density at radius 3 is 2.16 bits per heavy atom. The lowest BCUT2D eigenvalue weighted by atomic mass is 9.81. The van der Waals surface area contributed by atoms with Gasteiger partial charge in [0.15, 0.2) is 0 Å². The van der Waals surface area contributed by atoms with Gasteiger partial charge in [0.2, 0.25) is 0 Å². The summed E-state index contributed by atoms with van der Waals surface area (Å²) in [7, 11) is -0.497. The van der Waals surface area contributed by atoms with Gasteiger partial charge in [0.25, 0.3) is 0 Å². The van der Waals surface area contributed by atoms with E-state index in [0.717, 1.165) is 5.56 Å². The van der Waals surface area contributed by atoms with Crippen LogP contribution in [0.2, 0.25) is 0 Å². The van der Waals surface area contributed by atoms with E-state index in [2.05, 4.69) is 18.8 Å². The van der Waals surface area contributed by atoms with Gasteiger partial charge in [0.05, 0.1) is 22.5 Å². The molecule has 5 heteroatoms. The molecule has 2 rings (SSSR count). The molecule has 0 aromatic carbocycles. The average molecular weight is 262 g/mol. The first kappa shape index (κ1) is 14.3. The van der Waals surface area contributed by atoms with Crippen LogP contribution in [0.25, 0.3) is 0 Å². The van der Waals surface area contributed by atoms with Gasteiger partial charge in [-0.2, -0.15) is 0 Å². The lowest BCUT2D eigenvalue weighted by Crippen LogP contribution is -2.41. The molecule has 1 aromatic heterocycles. The number of nitrogens with two attached hydrogens (primary N) is 1. The summed E-state index contributed by atoms with van der Waals surface area (Å²) in [5, 5.41) is 0. The van der Waals surface area contributed by atoms with Crippen molar-refractivity contribution in [1.82, 2.24) is 4.98 Å². The Morgan fingerprint density at radius 1 is 1.16 bits per heavy atom. The molecule has 0 spiro atoms. The third-order valence-electron chi connectivity index (χ3n) is 4.15. The predicted molar refractivity (Wildman–Crippen MR) is 78.5 cm³/mol. The van der Waals surface area contributed by atoms with Crippen LogP contribution >= 0.6 is 0 Å². The van der Waals surface area contributed by atoms with E-state index in [1.165, 1.54) is 0 Å². The van der Waals surface area contributed by atoms with Gasteiger partial charge in [-0.3, -0.25) is 4.98 Å². The molecule has 0 amide bonds. The zero-order chi connectivity index (χ0) is 14.4. The quantitative estimate of drug-likeness (QED) is 0.829. The minimum Gasteiger partial charge on any atom is -0.398 e. The first-order valence-electron chi connectivity index (χ1n) is 6.75. The highest BCUT2D eigenvalue weighted by atomic mass is 16.7. The van der Waals surface area contributed by atoms with Crippen molar-refractivity contribution in [3.05, 3.63) is 17.8 Å². The number of hydrogen-bond donors (Lipinski definition) is 1. The van der Waals surface area contributed by atoms with E-state index in [4.69, 9.17) is 15.0 Å². The predicted octanol–water partition coefficient (Wildman–Crippen LogP) is 2.09. The fourth-order valence-corrected chi connectivity index (χ4v) is 2.15. The second-order valence-electron chi connectivity index (χ2n) is 6.44. The van der Waals surface area contributed by atoms with Gasteiger partial charge in [-0.1, -0.05) is 13.8 Å². The number of nitrogen functional groups attached to an aromatic ring is 1. The van der Waals surface area contributed by atoms with Crippen molar-refractivity contribution >= 4 is 18.4 Å².